The third-order valence-electron chi connectivity index (χ3n) is 4.04. The number of hydrogen-bond donors (Lipinski definition) is 0. The molecule has 0 aromatic heterocycles. The summed E-state index contributed by atoms with van der Waals surface area (Å²) >= 11 is 0. The molecule has 0 spiro atoms. The smallest absolute Gasteiger partial charge is 0.0145 e. The molecule has 2 heterocycles. The molecule has 0 radical (unpaired) electrons. The van der Waals surface area contributed by atoms with Gasteiger partial charge >= 0.3 is 0 Å². The first-order valence-corrected chi connectivity index (χ1v) is 6.13. The van der Waals surface area contributed by atoms with Crippen molar-refractivity contribution in [3.63, 3.8) is 0 Å². The van der Waals surface area contributed by atoms with Crippen molar-refractivity contribution in [2.45, 2.75) is 45.2 Å². The minimum Gasteiger partial charge on any atom is -0.303 e. The van der Waals surface area contributed by atoms with Crippen LogP contribution in [0.1, 0.15) is 33.1 Å². The van der Waals surface area contributed by atoms with Crippen molar-refractivity contribution in [2.75, 3.05) is 26.7 Å². The van der Waals surface area contributed by atoms with E-state index in [2.05, 4.69) is 30.7 Å². The van der Waals surface area contributed by atoms with Crippen molar-refractivity contribution in [1.82, 2.24) is 9.80 Å². The summed E-state index contributed by atoms with van der Waals surface area (Å²) < 4.78 is 0. The molecule has 0 N–H and O–H groups in total. The van der Waals surface area contributed by atoms with Crippen LogP contribution in [0.4, 0.5) is 0 Å². The Morgan fingerprint density at radius 3 is 2.43 bits per heavy atom. The Balaban J connectivity index is 1.80. The first kappa shape index (κ1) is 10.4. The van der Waals surface area contributed by atoms with E-state index in [0.29, 0.717) is 0 Å². The number of piperidine rings is 1. The van der Waals surface area contributed by atoms with Crippen LogP contribution in [0.15, 0.2) is 0 Å². The normalized spacial score (nSPS) is 32.1. The van der Waals surface area contributed by atoms with E-state index in [1.54, 1.807) is 0 Å². The maximum atomic E-state index is 2.59. The quantitative estimate of drug-likeness (QED) is 0.664. The molecule has 2 fully saturated rings. The largest absolute Gasteiger partial charge is 0.303 e. The Morgan fingerprint density at radius 1 is 1.14 bits per heavy atom. The molecule has 1 atom stereocenters. The van der Waals surface area contributed by atoms with Gasteiger partial charge in [-0.2, -0.15) is 0 Å². The average molecular weight is 196 g/mol. The summed E-state index contributed by atoms with van der Waals surface area (Å²) in [7, 11) is 2.31. The molecule has 2 aliphatic heterocycles. The zero-order chi connectivity index (χ0) is 10.1. The van der Waals surface area contributed by atoms with Crippen LogP contribution in [-0.4, -0.2) is 48.6 Å². The fourth-order valence-corrected chi connectivity index (χ4v) is 2.91. The van der Waals surface area contributed by atoms with E-state index in [9.17, 15) is 0 Å². The Hall–Kier alpha value is -0.0800. The summed E-state index contributed by atoms with van der Waals surface area (Å²) in [5, 5.41) is 0. The highest BCUT2D eigenvalue weighted by atomic mass is 15.2. The molecule has 2 aliphatic rings. The van der Waals surface area contributed by atoms with Crippen LogP contribution < -0.4 is 0 Å². The molecule has 1 unspecified atom stereocenters. The Kier molecular flexibility index (Phi) is 3.13. The van der Waals surface area contributed by atoms with Crippen LogP contribution in [0.3, 0.4) is 0 Å². The summed E-state index contributed by atoms with van der Waals surface area (Å²) in [6.45, 7) is 8.61. The maximum absolute atomic E-state index is 2.59. The molecule has 0 aromatic carbocycles. The molecule has 2 saturated heterocycles. The van der Waals surface area contributed by atoms with Gasteiger partial charge in [0.1, 0.15) is 0 Å². The van der Waals surface area contributed by atoms with Gasteiger partial charge in [0, 0.05) is 25.2 Å². The molecule has 2 nitrogen and oxygen atoms in total. The molecular formula is C12H24N2. The molecular weight excluding hydrogens is 172 g/mol. The van der Waals surface area contributed by atoms with E-state index in [0.717, 1.165) is 18.0 Å². The van der Waals surface area contributed by atoms with Crippen LogP contribution in [0.5, 0.6) is 0 Å². The van der Waals surface area contributed by atoms with E-state index in [-0.39, 0.29) is 0 Å². The van der Waals surface area contributed by atoms with E-state index < -0.39 is 0 Å². The third kappa shape index (κ3) is 1.96. The van der Waals surface area contributed by atoms with E-state index in [4.69, 9.17) is 0 Å². The van der Waals surface area contributed by atoms with Crippen molar-refractivity contribution in [3.05, 3.63) is 0 Å². The molecule has 2 heteroatoms. The minimum atomic E-state index is 0.750. The molecule has 82 valence electrons. The van der Waals surface area contributed by atoms with Gasteiger partial charge < -0.3 is 9.80 Å². The van der Waals surface area contributed by atoms with Crippen LogP contribution >= 0.6 is 0 Å². The van der Waals surface area contributed by atoms with Crippen molar-refractivity contribution >= 4 is 0 Å². The third-order valence-corrected chi connectivity index (χ3v) is 4.04. The predicted molar refractivity (Wildman–Crippen MR) is 60.5 cm³/mol. The molecule has 14 heavy (non-hydrogen) atoms. The van der Waals surface area contributed by atoms with Crippen molar-refractivity contribution in [2.24, 2.45) is 5.92 Å². The highest BCUT2D eigenvalue weighted by molar-refractivity contribution is 4.92. The predicted octanol–water partition coefficient (Wildman–Crippen LogP) is 1.81. The van der Waals surface area contributed by atoms with Crippen molar-refractivity contribution < 1.29 is 0 Å². The van der Waals surface area contributed by atoms with Gasteiger partial charge in [-0.1, -0.05) is 6.42 Å². The molecule has 2 rings (SSSR count). The lowest BCUT2D eigenvalue weighted by molar-refractivity contribution is -0.00259. The van der Waals surface area contributed by atoms with Crippen molar-refractivity contribution in [1.29, 1.82) is 0 Å². The van der Waals surface area contributed by atoms with Crippen LogP contribution in [-0.2, 0) is 0 Å². The molecule has 0 aliphatic carbocycles. The fraction of sp³-hybridized carbons (Fsp3) is 1.00. The highest BCUT2D eigenvalue weighted by Crippen LogP contribution is 2.29. The number of nitrogens with zero attached hydrogens (tertiary/aromatic N) is 2. The minimum absolute atomic E-state index is 0.750. The zero-order valence-corrected chi connectivity index (χ0v) is 9.87. The van der Waals surface area contributed by atoms with E-state index in [1.807, 2.05) is 0 Å². The second-order valence-electron chi connectivity index (χ2n) is 5.35. The van der Waals surface area contributed by atoms with Gasteiger partial charge in [-0.15, -0.1) is 0 Å². The van der Waals surface area contributed by atoms with Crippen LogP contribution in [0, 0.1) is 5.92 Å². The van der Waals surface area contributed by atoms with E-state index >= 15 is 0 Å². The first-order chi connectivity index (χ1) is 6.68. The lowest BCUT2D eigenvalue weighted by Gasteiger charge is -2.49. The molecule has 0 aromatic rings. The molecule has 0 amide bonds. The van der Waals surface area contributed by atoms with Gasteiger partial charge in [-0.25, -0.2) is 0 Å². The number of likely N-dealkylation sites (tertiary alicyclic amines) is 2. The Bertz CT molecular complexity index is 185. The second kappa shape index (κ2) is 4.19. The number of hydrogen-bond acceptors (Lipinski definition) is 2. The number of rotatable bonds is 2. The first-order valence-electron chi connectivity index (χ1n) is 6.13. The van der Waals surface area contributed by atoms with Gasteiger partial charge in [-0.3, -0.25) is 0 Å². The fourth-order valence-electron chi connectivity index (χ4n) is 2.91. The monoisotopic (exact) mass is 196 g/mol. The topological polar surface area (TPSA) is 6.48 Å². The maximum Gasteiger partial charge on any atom is 0.0145 e. The van der Waals surface area contributed by atoms with Gasteiger partial charge in [0.05, 0.1) is 0 Å². The molecule has 0 saturated carbocycles. The second-order valence-corrected chi connectivity index (χ2v) is 5.35. The zero-order valence-electron chi connectivity index (χ0n) is 9.87. The van der Waals surface area contributed by atoms with Gasteiger partial charge in [-0.05, 0) is 46.2 Å². The van der Waals surface area contributed by atoms with Gasteiger partial charge in [0.15, 0.2) is 0 Å². The summed E-state index contributed by atoms with van der Waals surface area (Å²) in [6, 6.07) is 1.64. The summed E-state index contributed by atoms with van der Waals surface area (Å²) in [5.41, 5.74) is 0. The lowest BCUT2D eigenvalue weighted by atomic mass is 9.84. The average Bonchev–Trinajstić information content (AvgIpc) is 2.05. The SMILES string of the molecule is CC(C)N1CC(C2CCCCN2C)C1. The standard InChI is InChI=1S/C12H24N2/c1-10(2)14-8-11(9-14)12-6-4-5-7-13(12)3/h10-12H,4-9H2,1-3H3. The summed E-state index contributed by atoms with van der Waals surface area (Å²) in [6.07, 6.45) is 4.30. The molecule has 0 bridgehead atoms. The van der Waals surface area contributed by atoms with E-state index in [1.165, 1.54) is 38.9 Å². The van der Waals surface area contributed by atoms with Crippen LogP contribution in [0.25, 0.3) is 0 Å². The van der Waals surface area contributed by atoms with Crippen LogP contribution in [0.2, 0.25) is 0 Å². The summed E-state index contributed by atoms with van der Waals surface area (Å²) in [5.74, 6) is 0.961. The van der Waals surface area contributed by atoms with Crippen molar-refractivity contribution in [3.8, 4) is 0 Å². The Labute approximate surface area is 88.3 Å². The summed E-state index contributed by atoms with van der Waals surface area (Å²) in [4.78, 5) is 5.18. The van der Waals surface area contributed by atoms with Gasteiger partial charge in [0.2, 0.25) is 0 Å². The lowest BCUT2D eigenvalue weighted by Crippen LogP contribution is -2.58. The van der Waals surface area contributed by atoms with Gasteiger partial charge in [0.25, 0.3) is 0 Å². The Morgan fingerprint density at radius 2 is 1.86 bits per heavy atom. The highest BCUT2D eigenvalue weighted by Gasteiger charge is 2.36.